The molecule has 0 bridgehead atoms. The van der Waals surface area contributed by atoms with Crippen molar-refractivity contribution in [3.05, 3.63) is 82.0 Å². The molecule has 0 aliphatic carbocycles. The molecule has 30 heavy (non-hydrogen) atoms. The van der Waals surface area contributed by atoms with Crippen molar-refractivity contribution >= 4 is 45.2 Å². The van der Waals surface area contributed by atoms with E-state index < -0.39 is 0 Å². The van der Waals surface area contributed by atoms with Crippen LogP contribution in [0.25, 0.3) is 0 Å². The molecule has 2 heterocycles. The van der Waals surface area contributed by atoms with Crippen molar-refractivity contribution in [2.24, 2.45) is 0 Å². The summed E-state index contributed by atoms with van der Waals surface area (Å²) in [4.78, 5) is 25.3. The van der Waals surface area contributed by atoms with E-state index in [0.29, 0.717) is 15.3 Å². The molecule has 2 aromatic carbocycles. The molecule has 0 saturated heterocycles. The first-order chi connectivity index (χ1) is 14.5. The Morgan fingerprint density at radius 1 is 1.13 bits per heavy atom. The maximum atomic E-state index is 14.0. The van der Waals surface area contributed by atoms with Crippen molar-refractivity contribution in [3.63, 3.8) is 0 Å². The zero-order chi connectivity index (χ0) is 21.1. The van der Waals surface area contributed by atoms with Crippen LogP contribution >= 0.6 is 27.7 Å². The molecule has 1 aliphatic heterocycles. The third kappa shape index (κ3) is 4.76. The molecule has 2 N–H and O–H groups in total. The lowest BCUT2D eigenvalue weighted by molar-refractivity contribution is -0.121. The van der Waals surface area contributed by atoms with Crippen LogP contribution in [-0.4, -0.2) is 17.6 Å². The summed E-state index contributed by atoms with van der Waals surface area (Å²) in [5.74, 6) is 0.245. The van der Waals surface area contributed by atoms with E-state index >= 15 is 0 Å². The van der Waals surface area contributed by atoms with E-state index in [2.05, 4.69) is 26.6 Å². The van der Waals surface area contributed by atoms with Crippen molar-refractivity contribution in [2.75, 3.05) is 11.1 Å². The Morgan fingerprint density at radius 2 is 1.93 bits per heavy atom. The van der Waals surface area contributed by atoms with Crippen LogP contribution in [0.2, 0.25) is 0 Å². The van der Waals surface area contributed by atoms with Crippen LogP contribution in [0.4, 0.5) is 10.1 Å². The van der Waals surface area contributed by atoms with E-state index in [1.54, 1.807) is 42.5 Å². The number of benzene rings is 2. The zero-order valence-electron chi connectivity index (χ0n) is 15.8. The molecule has 0 fully saturated rings. The van der Waals surface area contributed by atoms with Crippen molar-refractivity contribution in [1.29, 1.82) is 0 Å². The number of amides is 2. The van der Waals surface area contributed by atoms with Crippen LogP contribution in [0.5, 0.6) is 0 Å². The van der Waals surface area contributed by atoms with Gasteiger partial charge in [0, 0.05) is 16.3 Å². The van der Waals surface area contributed by atoms with Crippen LogP contribution in [-0.2, 0) is 11.2 Å². The van der Waals surface area contributed by atoms with Gasteiger partial charge in [0.25, 0.3) is 5.91 Å². The molecule has 0 spiro atoms. The Bertz CT molecular complexity index is 1080. The fraction of sp³-hybridized carbons (Fsp3) is 0.182. The van der Waals surface area contributed by atoms with Crippen LogP contribution in [0.3, 0.4) is 0 Å². The Balaban J connectivity index is 1.35. The van der Waals surface area contributed by atoms with Crippen molar-refractivity contribution in [2.45, 2.75) is 23.8 Å². The van der Waals surface area contributed by atoms with Gasteiger partial charge in [-0.05, 0) is 63.8 Å². The summed E-state index contributed by atoms with van der Waals surface area (Å²) in [5.41, 5.74) is 2.25. The van der Waals surface area contributed by atoms with E-state index in [1.165, 1.54) is 17.8 Å². The van der Waals surface area contributed by atoms with E-state index in [1.807, 2.05) is 6.07 Å². The van der Waals surface area contributed by atoms with Gasteiger partial charge in [-0.25, -0.2) is 4.39 Å². The van der Waals surface area contributed by atoms with Crippen LogP contribution in [0.1, 0.15) is 34.1 Å². The number of rotatable bonds is 5. The second-order valence-corrected chi connectivity index (χ2v) is 8.73. The standard InChI is InChI=1S/C22H18BrFN2O3S/c23-19-9-8-18(29-19)22(28)25-14-6-4-13(5-7-14)12-20(27)26-17-10-11-30-21-15(17)2-1-3-16(21)24/h1-9,17H,10-12H2,(H,25,28)(H,26,27). The molecule has 1 unspecified atom stereocenters. The van der Waals surface area contributed by atoms with Gasteiger partial charge in [-0.15, -0.1) is 11.8 Å². The highest BCUT2D eigenvalue weighted by molar-refractivity contribution is 9.10. The summed E-state index contributed by atoms with van der Waals surface area (Å²) in [6.07, 6.45) is 0.967. The molecule has 154 valence electrons. The maximum Gasteiger partial charge on any atom is 0.291 e. The highest BCUT2D eigenvalue weighted by Crippen LogP contribution is 2.37. The Hall–Kier alpha value is -2.58. The predicted octanol–water partition coefficient (Wildman–Crippen LogP) is 5.33. The van der Waals surface area contributed by atoms with Gasteiger partial charge in [-0.3, -0.25) is 9.59 Å². The first-order valence-corrected chi connectivity index (χ1v) is 11.1. The highest BCUT2D eigenvalue weighted by atomic mass is 79.9. The van der Waals surface area contributed by atoms with Crippen molar-refractivity contribution in [3.8, 4) is 0 Å². The maximum absolute atomic E-state index is 14.0. The van der Waals surface area contributed by atoms with Gasteiger partial charge in [0.2, 0.25) is 5.91 Å². The largest absolute Gasteiger partial charge is 0.444 e. The summed E-state index contributed by atoms with van der Waals surface area (Å²) >= 11 is 4.65. The first kappa shape index (κ1) is 20.7. The predicted molar refractivity (Wildman–Crippen MR) is 117 cm³/mol. The number of halogens is 2. The zero-order valence-corrected chi connectivity index (χ0v) is 18.2. The third-order valence-electron chi connectivity index (χ3n) is 4.73. The lowest BCUT2D eigenvalue weighted by Crippen LogP contribution is -2.32. The monoisotopic (exact) mass is 488 g/mol. The molecule has 4 rings (SSSR count). The quantitative estimate of drug-likeness (QED) is 0.509. The van der Waals surface area contributed by atoms with Crippen LogP contribution < -0.4 is 10.6 Å². The molecule has 1 atom stereocenters. The molecular formula is C22H18BrFN2O3S. The molecule has 3 aromatic rings. The van der Waals surface area contributed by atoms with E-state index in [-0.39, 0.29) is 35.9 Å². The van der Waals surface area contributed by atoms with Crippen LogP contribution in [0.15, 0.2) is 68.6 Å². The molecular weight excluding hydrogens is 471 g/mol. The van der Waals surface area contributed by atoms with E-state index in [0.717, 1.165) is 23.3 Å². The number of hydrogen-bond acceptors (Lipinski definition) is 4. The van der Waals surface area contributed by atoms with Crippen molar-refractivity contribution < 1.29 is 18.4 Å². The summed E-state index contributed by atoms with van der Waals surface area (Å²) < 4.78 is 19.7. The topological polar surface area (TPSA) is 71.3 Å². The number of hydrogen-bond donors (Lipinski definition) is 2. The van der Waals surface area contributed by atoms with Gasteiger partial charge >= 0.3 is 0 Å². The molecule has 2 amide bonds. The van der Waals surface area contributed by atoms with Gasteiger partial charge < -0.3 is 15.1 Å². The van der Waals surface area contributed by atoms with Gasteiger partial charge in [0.05, 0.1) is 12.5 Å². The number of carbonyl (C=O) groups is 2. The normalized spacial score (nSPS) is 15.3. The molecule has 0 saturated carbocycles. The summed E-state index contributed by atoms with van der Waals surface area (Å²) in [6.45, 7) is 0. The Kier molecular flexibility index (Phi) is 6.24. The molecule has 0 radical (unpaired) electrons. The average Bonchev–Trinajstić information content (AvgIpc) is 3.17. The highest BCUT2D eigenvalue weighted by Gasteiger charge is 2.24. The second-order valence-electron chi connectivity index (χ2n) is 6.85. The molecule has 1 aliphatic rings. The van der Waals surface area contributed by atoms with Gasteiger partial charge in [0.15, 0.2) is 10.4 Å². The molecule has 5 nitrogen and oxygen atoms in total. The fourth-order valence-corrected chi connectivity index (χ4v) is 4.75. The van der Waals surface area contributed by atoms with Gasteiger partial charge in [0.1, 0.15) is 5.82 Å². The van der Waals surface area contributed by atoms with E-state index in [4.69, 9.17) is 4.42 Å². The Morgan fingerprint density at radius 3 is 2.67 bits per heavy atom. The Labute approximate surface area is 185 Å². The lowest BCUT2D eigenvalue weighted by atomic mass is 10.0. The fourth-order valence-electron chi connectivity index (χ4n) is 3.30. The SMILES string of the molecule is O=C(Cc1ccc(NC(=O)c2ccc(Br)o2)cc1)NC1CCSc2c(F)cccc21. The lowest BCUT2D eigenvalue weighted by Gasteiger charge is -2.26. The number of thioether (sulfide) groups is 1. The summed E-state index contributed by atoms with van der Waals surface area (Å²) in [5, 5.41) is 5.76. The number of anilines is 1. The van der Waals surface area contributed by atoms with Crippen molar-refractivity contribution in [1.82, 2.24) is 5.32 Å². The summed E-state index contributed by atoms with van der Waals surface area (Å²) in [6, 6.07) is 15.1. The smallest absolute Gasteiger partial charge is 0.291 e. The van der Waals surface area contributed by atoms with Gasteiger partial charge in [-0.1, -0.05) is 24.3 Å². The first-order valence-electron chi connectivity index (χ1n) is 9.36. The van der Waals surface area contributed by atoms with Gasteiger partial charge in [-0.2, -0.15) is 0 Å². The minimum Gasteiger partial charge on any atom is -0.444 e. The molecule has 1 aromatic heterocycles. The summed E-state index contributed by atoms with van der Waals surface area (Å²) in [7, 11) is 0. The molecule has 8 heteroatoms. The number of furan rings is 1. The van der Waals surface area contributed by atoms with Crippen LogP contribution in [0, 0.1) is 5.82 Å². The second kappa shape index (κ2) is 9.06. The average molecular weight is 489 g/mol. The number of carbonyl (C=O) groups excluding carboxylic acids is 2. The number of fused-ring (bicyclic) bond motifs is 1. The number of nitrogens with one attached hydrogen (secondary N) is 2. The minimum absolute atomic E-state index is 0.126. The van der Waals surface area contributed by atoms with E-state index in [9.17, 15) is 14.0 Å². The third-order valence-corrected chi connectivity index (χ3v) is 6.32. The minimum atomic E-state index is -0.354.